The van der Waals surface area contributed by atoms with Crippen LogP contribution in [0.3, 0.4) is 0 Å². The molecule has 0 saturated heterocycles. The zero-order valence-corrected chi connectivity index (χ0v) is 5.32. The maximum absolute atomic E-state index is 10.3. The Morgan fingerprint density at radius 1 is 1.62 bits per heavy atom. The summed E-state index contributed by atoms with van der Waals surface area (Å²) in [6.45, 7) is 3.36. The van der Waals surface area contributed by atoms with Crippen molar-refractivity contribution in [2.24, 2.45) is 0 Å². The molecule has 1 nitrogen and oxygen atoms in total. The highest BCUT2D eigenvalue weighted by atomic mass is 16.1. The van der Waals surface area contributed by atoms with Gasteiger partial charge in [0.15, 0.2) is 0 Å². The number of Topliss-reactive ketones (excluding diaryl/α,β-unsaturated/α-hetero) is 1. The molecule has 0 fully saturated rings. The number of carbonyl (C=O) groups excluding carboxylic acids is 1. The highest BCUT2D eigenvalue weighted by Crippen LogP contribution is 1.85. The first-order chi connectivity index (χ1) is 3.77. The van der Waals surface area contributed by atoms with Gasteiger partial charge in [-0.05, 0) is 13.8 Å². The highest BCUT2D eigenvalue weighted by molar-refractivity contribution is 5.75. The number of rotatable bonds is 2. The van der Waals surface area contributed by atoms with Crippen LogP contribution in [0.4, 0.5) is 0 Å². The van der Waals surface area contributed by atoms with Crippen LogP contribution in [0.5, 0.6) is 0 Å². The molecule has 0 atom stereocenters. The standard InChI is InChI=1S/C7H10O/c1-3-4-5-6-7(2)8/h5-6H2,1-2H3. The molecule has 0 heterocycles. The van der Waals surface area contributed by atoms with Crippen molar-refractivity contribution in [3.63, 3.8) is 0 Å². The van der Waals surface area contributed by atoms with Crippen LogP contribution in [-0.4, -0.2) is 5.78 Å². The molecule has 8 heavy (non-hydrogen) atoms. The normalized spacial score (nSPS) is 7.25. The predicted octanol–water partition coefficient (Wildman–Crippen LogP) is 1.38. The minimum atomic E-state index is 0.216. The molecule has 0 aromatic heterocycles. The lowest BCUT2D eigenvalue weighted by Crippen LogP contribution is -1.85. The summed E-state index contributed by atoms with van der Waals surface area (Å²) in [5.74, 6) is 5.75. The molecular formula is C7H10O. The summed E-state index contributed by atoms with van der Waals surface area (Å²) in [6.07, 6.45) is 1.31. The van der Waals surface area contributed by atoms with Gasteiger partial charge in [-0.25, -0.2) is 0 Å². The van der Waals surface area contributed by atoms with E-state index in [1.807, 2.05) is 0 Å². The molecule has 0 amide bonds. The van der Waals surface area contributed by atoms with E-state index in [2.05, 4.69) is 11.8 Å². The molecule has 0 saturated carbocycles. The van der Waals surface area contributed by atoms with Crippen molar-refractivity contribution in [1.29, 1.82) is 0 Å². The predicted molar refractivity (Wildman–Crippen MR) is 33.4 cm³/mol. The first-order valence-corrected chi connectivity index (χ1v) is 2.66. The summed E-state index contributed by atoms with van der Waals surface area (Å²) >= 11 is 0. The third-order valence-electron chi connectivity index (χ3n) is 0.779. The van der Waals surface area contributed by atoms with Gasteiger partial charge in [-0.15, -0.1) is 11.8 Å². The molecule has 1 heteroatoms. The summed E-state index contributed by atoms with van der Waals surface area (Å²) in [6, 6.07) is 0. The number of hydrogen-bond acceptors (Lipinski definition) is 1. The summed E-state index contributed by atoms with van der Waals surface area (Å²) in [5, 5.41) is 0. The van der Waals surface area contributed by atoms with E-state index in [0.717, 1.165) is 0 Å². The lowest BCUT2D eigenvalue weighted by atomic mass is 10.2. The monoisotopic (exact) mass is 110 g/mol. The molecule has 0 N–H and O–H groups in total. The molecule has 0 aliphatic rings. The third kappa shape index (κ3) is 5.23. The van der Waals surface area contributed by atoms with Crippen LogP contribution in [0.15, 0.2) is 0 Å². The van der Waals surface area contributed by atoms with Gasteiger partial charge in [0.1, 0.15) is 5.78 Å². The molecule has 0 aromatic rings. The van der Waals surface area contributed by atoms with Crippen LogP contribution in [0.2, 0.25) is 0 Å². The Labute approximate surface area is 50.1 Å². The molecule has 0 aliphatic carbocycles. The van der Waals surface area contributed by atoms with Crippen molar-refractivity contribution in [1.82, 2.24) is 0 Å². The Morgan fingerprint density at radius 2 is 2.25 bits per heavy atom. The molecule has 0 unspecified atom stereocenters. The van der Waals surface area contributed by atoms with E-state index in [9.17, 15) is 4.79 Å². The first-order valence-electron chi connectivity index (χ1n) is 2.66. The van der Waals surface area contributed by atoms with Gasteiger partial charge < -0.3 is 0 Å². The van der Waals surface area contributed by atoms with Gasteiger partial charge in [0.05, 0.1) is 0 Å². The van der Waals surface area contributed by atoms with E-state index in [-0.39, 0.29) is 5.78 Å². The van der Waals surface area contributed by atoms with E-state index in [1.165, 1.54) is 0 Å². The maximum Gasteiger partial charge on any atom is 0.130 e. The van der Waals surface area contributed by atoms with Gasteiger partial charge in [0, 0.05) is 12.8 Å². The van der Waals surface area contributed by atoms with Crippen LogP contribution >= 0.6 is 0 Å². The van der Waals surface area contributed by atoms with Crippen molar-refractivity contribution in [2.75, 3.05) is 0 Å². The van der Waals surface area contributed by atoms with Crippen LogP contribution in [0.25, 0.3) is 0 Å². The SMILES string of the molecule is CC#CCCC(C)=O. The van der Waals surface area contributed by atoms with Crippen molar-refractivity contribution in [2.45, 2.75) is 26.7 Å². The zero-order chi connectivity index (χ0) is 6.41. The van der Waals surface area contributed by atoms with Crippen LogP contribution in [0.1, 0.15) is 26.7 Å². The van der Waals surface area contributed by atoms with Gasteiger partial charge in [0.25, 0.3) is 0 Å². The topological polar surface area (TPSA) is 17.1 Å². The summed E-state index contributed by atoms with van der Waals surface area (Å²) in [7, 11) is 0. The van der Waals surface area contributed by atoms with Crippen molar-refractivity contribution in [3.05, 3.63) is 0 Å². The third-order valence-corrected chi connectivity index (χ3v) is 0.779. The molecule has 0 spiro atoms. The average Bonchev–Trinajstić information content (AvgIpc) is 1.66. The Hall–Kier alpha value is -0.770. The molecule has 0 aromatic carbocycles. The zero-order valence-electron chi connectivity index (χ0n) is 5.32. The number of ketones is 1. The van der Waals surface area contributed by atoms with Gasteiger partial charge in [-0.3, -0.25) is 4.79 Å². The first kappa shape index (κ1) is 7.23. The molecule has 0 radical (unpaired) electrons. The second-order valence-corrected chi connectivity index (χ2v) is 1.63. The van der Waals surface area contributed by atoms with Crippen molar-refractivity contribution >= 4 is 5.78 Å². The second-order valence-electron chi connectivity index (χ2n) is 1.63. The average molecular weight is 110 g/mol. The second kappa shape index (κ2) is 4.39. The van der Waals surface area contributed by atoms with Crippen LogP contribution in [-0.2, 0) is 4.79 Å². The van der Waals surface area contributed by atoms with E-state index >= 15 is 0 Å². The largest absolute Gasteiger partial charge is 0.300 e. The van der Waals surface area contributed by atoms with Gasteiger partial charge in [-0.2, -0.15) is 0 Å². The van der Waals surface area contributed by atoms with Gasteiger partial charge in [0.2, 0.25) is 0 Å². The van der Waals surface area contributed by atoms with Crippen molar-refractivity contribution in [3.8, 4) is 11.8 Å². The Bertz CT molecular complexity index is 125. The highest BCUT2D eigenvalue weighted by Gasteiger charge is 1.86. The Morgan fingerprint density at radius 3 is 2.62 bits per heavy atom. The van der Waals surface area contributed by atoms with Gasteiger partial charge >= 0.3 is 0 Å². The van der Waals surface area contributed by atoms with Gasteiger partial charge in [-0.1, -0.05) is 0 Å². The van der Waals surface area contributed by atoms with E-state index in [1.54, 1.807) is 13.8 Å². The van der Waals surface area contributed by atoms with Crippen LogP contribution in [0, 0.1) is 11.8 Å². The lowest BCUT2D eigenvalue weighted by Gasteiger charge is -1.81. The smallest absolute Gasteiger partial charge is 0.130 e. The van der Waals surface area contributed by atoms with Crippen LogP contribution < -0.4 is 0 Å². The fourth-order valence-electron chi connectivity index (χ4n) is 0.364. The molecule has 0 rings (SSSR count). The van der Waals surface area contributed by atoms with E-state index < -0.39 is 0 Å². The minimum Gasteiger partial charge on any atom is -0.300 e. The summed E-state index contributed by atoms with van der Waals surface area (Å²) in [4.78, 5) is 10.3. The molecular weight excluding hydrogens is 100 g/mol. The number of carbonyl (C=O) groups is 1. The Balaban J connectivity index is 3.14. The number of hydrogen-bond donors (Lipinski definition) is 0. The van der Waals surface area contributed by atoms with E-state index in [4.69, 9.17) is 0 Å². The maximum atomic E-state index is 10.3. The molecule has 0 bridgehead atoms. The molecule has 44 valence electrons. The van der Waals surface area contributed by atoms with E-state index in [0.29, 0.717) is 12.8 Å². The van der Waals surface area contributed by atoms with Crippen molar-refractivity contribution < 1.29 is 4.79 Å². The summed E-state index contributed by atoms with van der Waals surface area (Å²) in [5.41, 5.74) is 0. The lowest BCUT2D eigenvalue weighted by molar-refractivity contribution is -0.116. The Kier molecular flexibility index (Phi) is 3.97. The quantitative estimate of drug-likeness (QED) is 0.491. The summed E-state index contributed by atoms with van der Waals surface area (Å²) < 4.78 is 0. The fourth-order valence-corrected chi connectivity index (χ4v) is 0.364. The molecule has 0 aliphatic heterocycles. The minimum absolute atomic E-state index is 0.216. The fraction of sp³-hybridized carbons (Fsp3) is 0.571.